The quantitative estimate of drug-likeness (QED) is 0.385. The number of fused-ring (bicyclic) bond motifs is 3. The van der Waals surface area contributed by atoms with Gasteiger partial charge < -0.3 is 9.47 Å². The highest BCUT2D eigenvalue weighted by atomic mass is 79.9. The van der Waals surface area contributed by atoms with Crippen molar-refractivity contribution in [2.45, 2.75) is 18.7 Å². The molecule has 3 aromatic carbocycles. The number of hydrogen-bond acceptors (Lipinski definition) is 4. The molecule has 0 amide bonds. The van der Waals surface area contributed by atoms with Gasteiger partial charge in [-0.1, -0.05) is 45.2 Å². The Morgan fingerprint density at radius 2 is 1.83 bits per heavy atom. The summed E-state index contributed by atoms with van der Waals surface area (Å²) in [7, 11) is 1.66. The molecule has 7 heteroatoms. The van der Waals surface area contributed by atoms with Gasteiger partial charge in [-0.05, 0) is 60.2 Å². The highest BCUT2D eigenvalue weighted by Crippen LogP contribution is 2.49. The molecule has 2 heterocycles. The normalized spacial score (nSPS) is 19.6. The van der Waals surface area contributed by atoms with Crippen LogP contribution in [0.5, 0.6) is 11.5 Å². The summed E-state index contributed by atoms with van der Waals surface area (Å²) in [6, 6.07) is 19.5. The van der Waals surface area contributed by atoms with Crippen LogP contribution in [0.1, 0.15) is 35.4 Å². The lowest BCUT2D eigenvalue weighted by Gasteiger charge is -2.38. The molecule has 3 aromatic rings. The molecule has 0 saturated carbocycles. The van der Waals surface area contributed by atoms with Crippen molar-refractivity contribution in [2.75, 3.05) is 7.11 Å². The largest absolute Gasteiger partial charge is 0.497 e. The predicted molar refractivity (Wildman–Crippen MR) is 123 cm³/mol. The summed E-state index contributed by atoms with van der Waals surface area (Å²) in [6.45, 7) is 0. The van der Waals surface area contributed by atoms with Crippen LogP contribution in [-0.4, -0.2) is 17.8 Å². The molecule has 0 bridgehead atoms. The van der Waals surface area contributed by atoms with Crippen molar-refractivity contribution in [1.29, 1.82) is 0 Å². The summed E-state index contributed by atoms with van der Waals surface area (Å²) < 4.78 is 12.7. The average molecular weight is 504 g/mol. The van der Waals surface area contributed by atoms with Crippen molar-refractivity contribution in [3.8, 4) is 11.5 Å². The van der Waals surface area contributed by atoms with Crippen LogP contribution in [0.4, 0.5) is 0 Å². The van der Waals surface area contributed by atoms with Gasteiger partial charge in [0.05, 0.1) is 23.9 Å². The van der Waals surface area contributed by atoms with Crippen LogP contribution in [0.2, 0.25) is 10.0 Å². The first-order valence-corrected chi connectivity index (χ1v) is 11.0. The van der Waals surface area contributed by atoms with E-state index in [4.69, 9.17) is 37.8 Å². The average Bonchev–Trinajstić information content (AvgIpc) is 3.19. The Labute approximate surface area is 193 Å². The molecule has 0 aromatic heterocycles. The van der Waals surface area contributed by atoms with E-state index in [1.54, 1.807) is 13.2 Å². The smallest absolute Gasteiger partial charge is 0.215 e. The molecule has 5 rings (SSSR count). The van der Waals surface area contributed by atoms with Gasteiger partial charge in [0.25, 0.3) is 0 Å². The lowest BCUT2D eigenvalue weighted by molar-refractivity contribution is -0.0190. The first-order chi connectivity index (χ1) is 14.5. The minimum atomic E-state index is -0.441. The summed E-state index contributed by atoms with van der Waals surface area (Å²) in [5.41, 5.74) is 3.98. The highest BCUT2D eigenvalue weighted by molar-refractivity contribution is 9.10. The molecule has 2 aliphatic rings. The molecule has 152 valence electrons. The Morgan fingerprint density at radius 3 is 2.57 bits per heavy atom. The second-order valence-corrected chi connectivity index (χ2v) is 8.95. The Balaban J connectivity index is 1.59. The van der Waals surface area contributed by atoms with Gasteiger partial charge in [0.2, 0.25) is 6.23 Å². The zero-order chi connectivity index (χ0) is 20.8. The van der Waals surface area contributed by atoms with E-state index in [9.17, 15) is 0 Å². The number of methoxy groups -OCH3 is 1. The van der Waals surface area contributed by atoms with Gasteiger partial charge in [-0.15, -0.1) is 0 Å². The van der Waals surface area contributed by atoms with Gasteiger partial charge in [-0.2, -0.15) is 5.10 Å². The van der Waals surface area contributed by atoms with E-state index < -0.39 is 6.23 Å². The minimum absolute atomic E-state index is 0.0418. The van der Waals surface area contributed by atoms with E-state index in [1.165, 1.54) is 0 Å². The monoisotopic (exact) mass is 502 g/mol. The third kappa shape index (κ3) is 3.45. The molecule has 0 saturated heterocycles. The van der Waals surface area contributed by atoms with Crippen LogP contribution < -0.4 is 9.47 Å². The van der Waals surface area contributed by atoms with Gasteiger partial charge in [-0.25, -0.2) is 5.01 Å². The summed E-state index contributed by atoms with van der Waals surface area (Å²) in [4.78, 5) is 0. The number of benzene rings is 3. The molecule has 0 radical (unpaired) electrons. The van der Waals surface area contributed by atoms with Crippen molar-refractivity contribution in [1.82, 2.24) is 5.01 Å². The fourth-order valence-corrected chi connectivity index (χ4v) is 4.80. The molecule has 2 atom stereocenters. The summed E-state index contributed by atoms with van der Waals surface area (Å²) >= 11 is 16.2. The number of nitrogens with zero attached hydrogens (tertiary/aromatic N) is 2. The van der Waals surface area contributed by atoms with Gasteiger partial charge in [-0.3, -0.25) is 0 Å². The van der Waals surface area contributed by atoms with E-state index in [0.717, 1.165) is 44.8 Å². The van der Waals surface area contributed by atoms with Crippen molar-refractivity contribution in [2.24, 2.45) is 5.10 Å². The second kappa shape index (κ2) is 7.80. The maximum absolute atomic E-state index is 6.53. The van der Waals surface area contributed by atoms with E-state index in [1.807, 2.05) is 53.5 Å². The van der Waals surface area contributed by atoms with Gasteiger partial charge in [0.1, 0.15) is 11.5 Å². The zero-order valence-electron chi connectivity index (χ0n) is 16.0. The Kier molecular flexibility index (Phi) is 5.13. The van der Waals surface area contributed by atoms with Crippen LogP contribution in [0.25, 0.3) is 0 Å². The van der Waals surface area contributed by atoms with Crippen molar-refractivity contribution < 1.29 is 9.47 Å². The Hall–Kier alpha value is -2.21. The van der Waals surface area contributed by atoms with Crippen LogP contribution in [0.3, 0.4) is 0 Å². The Bertz CT molecular complexity index is 1150. The van der Waals surface area contributed by atoms with Crippen molar-refractivity contribution >= 4 is 44.8 Å². The third-order valence-electron chi connectivity index (χ3n) is 5.40. The topological polar surface area (TPSA) is 34.1 Å². The summed E-state index contributed by atoms with van der Waals surface area (Å²) in [5, 5.41) is 8.11. The fraction of sp³-hybridized carbons (Fsp3) is 0.174. The Morgan fingerprint density at radius 1 is 1.03 bits per heavy atom. The number of rotatable bonds is 3. The number of ether oxygens (including phenoxy) is 2. The van der Waals surface area contributed by atoms with Crippen LogP contribution >= 0.6 is 39.1 Å². The standard InChI is InChI=1S/C23H17BrCl2N2O2/c1-29-16-6-2-13(3-7-16)20-12-21-18-10-14(24)4-9-22(18)30-23(28(21)27-20)17-8-5-15(25)11-19(17)26/h2-11,21,23H,12H2,1H3/t21-,23-/m0/s1. The van der Waals surface area contributed by atoms with Crippen molar-refractivity contribution in [3.63, 3.8) is 0 Å². The van der Waals surface area contributed by atoms with Gasteiger partial charge in [0.15, 0.2) is 0 Å². The highest BCUT2D eigenvalue weighted by Gasteiger charge is 2.41. The first kappa shape index (κ1) is 19.7. The molecule has 2 aliphatic heterocycles. The molecule has 0 N–H and O–H groups in total. The van der Waals surface area contributed by atoms with E-state index in [2.05, 4.69) is 22.0 Å². The fourth-order valence-electron chi connectivity index (χ4n) is 3.92. The SMILES string of the molecule is COc1ccc(C2=NN3[C@@H](C2)c2cc(Br)ccc2O[C@H]3c2ccc(Cl)cc2Cl)cc1. The van der Waals surface area contributed by atoms with Crippen LogP contribution in [-0.2, 0) is 0 Å². The molecule has 30 heavy (non-hydrogen) atoms. The maximum atomic E-state index is 6.53. The maximum Gasteiger partial charge on any atom is 0.215 e. The second-order valence-electron chi connectivity index (χ2n) is 7.19. The van der Waals surface area contributed by atoms with Crippen molar-refractivity contribution in [3.05, 3.63) is 91.9 Å². The molecular weight excluding hydrogens is 487 g/mol. The number of hydrogen-bond donors (Lipinski definition) is 0. The predicted octanol–water partition coefficient (Wildman–Crippen LogP) is 7.01. The lowest BCUT2D eigenvalue weighted by atomic mass is 9.96. The number of halogens is 3. The molecule has 0 unspecified atom stereocenters. The van der Waals surface area contributed by atoms with Crippen LogP contribution in [0.15, 0.2) is 70.2 Å². The lowest BCUT2D eigenvalue weighted by Crippen LogP contribution is -2.33. The van der Waals surface area contributed by atoms with E-state index in [-0.39, 0.29) is 6.04 Å². The molecular formula is C23H17BrCl2N2O2. The van der Waals surface area contributed by atoms with E-state index in [0.29, 0.717) is 10.0 Å². The van der Waals surface area contributed by atoms with E-state index >= 15 is 0 Å². The third-order valence-corrected chi connectivity index (χ3v) is 6.46. The molecule has 0 fully saturated rings. The molecule has 0 spiro atoms. The number of hydrazone groups is 1. The van der Waals surface area contributed by atoms with Crippen LogP contribution in [0, 0.1) is 0 Å². The minimum Gasteiger partial charge on any atom is -0.497 e. The summed E-state index contributed by atoms with van der Waals surface area (Å²) in [5.74, 6) is 1.65. The molecule has 0 aliphatic carbocycles. The first-order valence-electron chi connectivity index (χ1n) is 9.45. The van der Waals surface area contributed by atoms with Gasteiger partial charge >= 0.3 is 0 Å². The zero-order valence-corrected chi connectivity index (χ0v) is 19.1. The van der Waals surface area contributed by atoms with Gasteiger partial charge in [0, 0.05) is 27.0 Å². The molecule has 4 nitrogen and oxygen atoms in total. The summed E-state index contributed by atoms with van der Waals surface area (Å²) in [6.07, 6.45) is 0.324.